The number of thioether (sulfide) groups is 1. The Kier molecular flexibility index (Phi) is 4.79. The van der Waals surface area contributed by atoms with Crippen molar-refractivity contribution < 1.29 is 4.42 Å². The molecule has 0 amide bonds. The van der Waals surface area contributed by atoms with Gasteiger partial charge >= 0.3 is 0 Å². The molecule has 0 N–H and O–H groups in total. The summed E-state index contributed by atoms with van der Waals surface area (Å²) in [6, 6.07) is 14.1. The molecule has 25 heavy (non-hydrogen) atoms. The highest BCUT2D eigenvalue weighted by atomic mass is 35.5. The minimum Gasteiger partial charge on any atom is -0.431 e. The van der Waals surface area contributed by atoms with Gasteiger partial charge in [-0.15, -0.1) is 11.3 Å². The molecular weight excluding hydrogens is 372 g/mol. The lowest BCUT2D eigenvalue weighted by molar-refractivity contribution is 0.489. The molecule has 0 saturated heterocycles. The lowest BCUT2D eigenvalue weighted by Crippen LogP contribution is -1.88. The summed E-state index contributed by atoms with van der Waals surface area (Å²) < 4.78 is 5.73. The molecular formula is C19H15ClN2OS2. The van der Waals surface area contributed by atoms with Gasteiger partial charge < -0.3 is 4.42 Å². The summed E-state index contributed by atoms with van der Waals surface area (Å²) in [5.41, 5.74) is 5.16. The molecule has 0 aliphatic heterocycles. The van der Waals surface area contributed by atoms with Crippen molar-refractivity contribution in [2.45, 2.75) is 24.3 Å². The molecule has 0 radical (unpaired) electrons. The lowest BCUT2D eigenvalue weighted by Gasteiger charge is -1.98. The van der Waals surface area contributed by atoms with Gasteiger partial charge in [0.15, 0.2) is 5.58 Å². The Bertz CT molecular complexity index is 1010. The van der Waals surface area contributed by atoms with E-state index in [0.29, 0.717) is 10.2 Å². The summed E-state index contributed by atoms with van der Waals surface area (Å²) >= 11 is 9.23. The molecule has 2 aromatic heterocycles. The van der Waals surface area contributed by atoms with Crippen molar-refractivity contribution in [1.29, 1.82) is 0 Å². The molecule has 4 rings (SSSR count). The van der Waals surface area contributed by atoms with Gasteiger partial charge in [-0.1, -0.05) is 53.2 Å². The van der Waals surface area contributed by atoms with Gasteiger partial charge in [0.25, 0.3) is 5.22 Å². The van der Waals surface area contributed by atoms with Gasteiger partial charge in [0.2, 0.25) is 0 Å². The number of benzene rings is 2. The smallest absolute Gasteiger partial charge is 0.257 e. The summed E-state index contributed by atoms with van der Waals surface area (Å²) in [4.78, 5) is 9.18. The average Bonchev–Trinajstić information content (AvgIpc) is 3.21. The monoisotopic (exact) mass is 386 g/mol. The van der Waals surface area contributed by atoms with Gasteiger partial charge in [-0.05, 0) is 30.7 Å². The maximum Gasteiger partial charge on any atom is 0.257 e. The SMILES string of the molecule is Cc1ccc(Cc2nc(CSc3nc4cc(Cl)ccc4o3)cs2)cc1. The highest BCUT2D eigenvalue weighted by Crippen LogP contribution is 2.28. The van der Waals surface area contributed by atoms with Crippen LogP contribution in [0.4, 0.5) is 0 Å². The van der Waals surface area contributed by atoms with E-state index in [0.717, 1.165) is 34.0 Å². The van der Waals surface area contributed by atoms with Gasteiger partial charge in [-0.3, -0.25) is 0 Å². The van der Waals surface area contributed by atoms with Crippen LogP contribution in [-0.4, -0.2) is 9.97 Å². The third kappa shape index (κ3) is 4.06. The molecule has 2 aromatic carbocycles. The van der Waals surface area contributed by atoms with Crippen LogP contribution in [-0.2, 0) is 12.2 Å². The fraction of sp³-hybridized carbons (Fsp3) is 0.158. The largest absolute Gasteiger partial charge is 0.431 e. The number of oxazole rings is 1. The van der Waals surface area contributed by atoms with Crippen LogP contribution < -0.4 is 0 Å². The van der Waals surface area contributed by atoms with Gasteiger partial charge in [-0.2, -0.15) is 0 Å². The number of hydrogen-bond acceptors (Lipinski definition) is 5. The molecule has 0 bridgehead atoms. The minimum atomic E-state index is 0.644. The van der Waals surface area contributed by atoms with E-state index in [2.05, 4.69) is 41.6 Å². The Balaban J connectivity index is 1.41. The van der Waals surface area contributed by atoms with E-state index in [4.69, 9.17) is 21.0 Å². The Morgan fingerprint density at radius 1 is 1.12 bits per heavy atom. The van der Waals surface area contributed by atoms with Crippen LogP contribution >= 0.6 is 34.7 Å². The zero-order chi connectivity index (χ0) is 17.2. The van der Waals surface area contributed by atoms with E-state index in [1.54, 1.807) is 29.2 Å². The van der Waals surface area contributed by atoms with E-state index in [1.807, 2.05) is 12.1 Å². The molecule has 0 saturated carbocycles. The van der Waals surface area contributed by atoms with Crippen molar-refractivity contribution in [3.63, 3.8) is 0 Å². The number of rotatable bonds is 5. The van der Waals surface area contributed by atoms with Crippen molar-refractivity contribution in [2.75, 3.05) is 0 Å². The zero-order valence-corrected chi connectivity index (χ0v) is 15.9. The number of thiazole rings is 1. The highest BCUT2D eigenvalue weighted by molar-refractivity contribution is 7.98. The van der Waals surface area contributed by atoms with E-state index in [-0.39, 0.29) is 0 Å². The first-order valence-electron chi connectivity index (χ1n) is 7.83. The fourth-order valence-corrected chi connectivity index (χ4v) is 4.28. The Hall–Kier alpha value is -1.82. The maximum atomic E-state index is 5.98. The molecule has 0 atom stereocenters. The summed E-state index contributed by atoms with van der Waals surface area (Å²) in [7, 11) is 0. The minimum absolute atomic E-state index is 0.644. The third-order valence-electron chi connectivity index (χ3n) is 3.75. The fourth-order valence-electron chi connectivity index (χ4n) is 2.45. The molecule has 0 fully saturated rings. The Morgan fingerprint density at radius 2 is 1.96 bits per heavy atom. The molecule has 126 valence electrons. The van der Waals surface area contributed by atoms with Crippen LogP contribution in [0.5, 0.6) is 0 Å². The molecule has 2 heterocycles. The van der Waals surface area contributed by atoms with E-state index in [9.17, 15) is 0 Å². The predicted octanol–water partition coefficient (Wildman–Crippen LogP) is 6.13. The lowest BCUT2D eigenvalue weighted by atomic mass is 10.1. The summed E-state index contributed by atoms with van der Waals surface area (Å²) in [6.07, 6.45) is 0.872. The van der Waals surface area contributed by atoms with Gasteiger partial charge in [-0.25, -0.2) is 9.97 Å². The van der Waals surface area contributed by atoms with Gasteiger partial charge in [0, 0.05) is 22.6 Å². The molecule has 0 aliphatic carbocycles. The number of halogens is 1. The molecule has 0 unspecified atom stereocenters. The van der Waals surface area contributed by atoms with Crippen molar-refractivity contribution in [2.24, 2.45) is 0 Å². The van der Waals surface area contributed by atoms with Crippen LogP contribution in [0.3, 0.4) is 0 Å². The first-order valence-corrected chi connectivity index (χ1v) is 10.1. The number of hydrogen-bond donors (Lipinski definition) is 0. The first kappa shape index (κ1) is 16.6. The van der Waals surface area contributed by atoms with E-state index in [1.165, 1.54) is 11.1 Å². The van der Waals surface area contributed by atoms with Gasteiger partial charge in [0.1, 0.15) is 5.52 Å². The number of aromatic nitrogens is 2. The molecule has 3 nitrogen and oxygen atoms in total. The van der Waals surface area contributed by atoms with Crippen LogP contribution in [0.1, 0.15) is 21.8 Å². The van der Waals surface area contributed by atoms with Crippen molar-refractivity contribution in [3.8, 4) is 0 Å². The van der Waals surface area contributed by atoms with Crippen molar-refractivity contribution >= 4 is 45.8 Å². The number of fused-ring (bicyclic) bond motifs is 1. The van der Waals surface area contributed by atoms with Gasteiger partial charge in [0.05, 0.1) is 10.7 Å². The molecule has 0 aliphatic rings. The molecule has 0 spiro atoms. The Labute approximate surface area is 159 Å². The van der Waals surface area contributed by atoms with Crippen LogP contribution in [0.25, 0.3) is 11.1 Å². The summed E-state index contributed by atoms with van der Waals surface area (Å²) in [5.74, 6) is 0.741. The molecule has 6 heteroatoms. The number of nitrogens with zero attached hydrogens (tertiary/aromatic N) is 2. The van der Waals surface area contributed by atoms with Crippen LogP contribution in [0, 0.1) is 6.92 Å². The van der Waals surface area contributed by atoms with E-state index < -0.39 is 0 Å². The first-order chi connectivity index (χ1) is 12.2. The van der Waals surface area contributed by atoms with Crippen LogP contribution in [0.2, 0.25) is 5.02 Å². The normalized spacial score (nSPS) is 11.3. The van der Waals surface area contributed by atoms with Crippen molar-refractivity contribution in [1.82, 2.24) is 9.97 Å². The van der Waals surface area contributed by atoms with Crippen molar-refractivity contribution in [3.05, 3.63) is 74.7 Å². The molecule has 4 aromatic rings. The standard InChI is InChI=1S/C19H15ClN2OS2/c1-12-2-4-13(5-3-12)8-18-21-15(10-24-18)11-25-19-22-16-9-14(20)6-7-17(16)23-19/h2-7,9-10H,8,11H2,1H3. The maximum absolute atomic E-state index is 5.98. The highest BCUT2D eigenvalue weighted by Gasteiger charge is 2.09. The average molecular weight is 387 g/mol. The quantitative estimate of drug-likeness (QED) is 0.387. The summed E-state index contributed by atoms with van der Waals surface area (Å²) in [5, 5.41) is 4.54. The van der Waals surface area contributed by atoms with Crippen LogP contribution in [0.15, 0.2) is 57.5 Å². The topological polar surface area (TPSA) is 38.9 Å². The number of aryl methyl sites for hydroxylation is 1. The second-order valence-electron chi connectivity index (χ2n) is 5.78. The summed E-state index contributed by atoms with van der Waals surface area (Å²) in [6.45, 7) is 2.10. The second kappa shape index (κ2) is 7.20. The second-order valence-corrected chi connectivity index (χ2v) is 8.08. The zero-order valence-electron chi connectivity index (χ0n) is 13.5. The third-order valence-corrected chi connectivity index (χ3v) is 5.74. The Morgan fingerprint density at radius 3 is 2.80 bits per heavy atom. The predicted molar refractivity (Wildman–Crippen MR) is 105 cm³/mol. The van der Waals surface area contributed by atoms with E-state index >= 15 is 0 Å².